The standard InChI is InChI=1S/C10H18N2O/c1-2-3-4-5-9-7-6-8(7)10(13)12-11-9/h7-9,11H,2-6H2,1H3,(H,12,13). The maximum Gasteiger partial charge on any atom is 0.237 e. The van der Waals surface area contributed by atoms with E-state index < -0.39 is 0 Å². The maximum absolute atomic E-state index is 11.1. The highest BCUT2D eigenvalue weighted by molar-refractivity contribution is 5.82. The largest absolute Gasteiger partial charge is 0.291 e. The van der Waals surface area contributed by atoms with Crippen LogP contribution in [0.1, 0.15) is 39.0 Å². The van der Waals surface area contributed by atoms with Crippen LogP contribution < -0.4 is 10.9 Å². The third-order valence-corrected chi connectivity index (χ3v) is 3.19. The molecule has 2 rings (SSSR count). The lowest BCUT2D eigenvalue weighted by Gasteiger charge is -2.23. The van der Waals surface area contributed by atoms with Crippen molar-refractivity contribution in [2.24, 2.45) is 11.8 Å². The van der Waals surface area contributed by atoms with Crippen molar-refractivity contribution in [1.29, 1.82) is 0 Å². The molecule has 0 radical (unpaired) electrons. The molecule has 3 atom stereocenters. The van der Waals surface area contributed by atoms with Crippen LogP contribution in [0.15, 0.2) is 0 Å². The fraction of sp³-hybridized carbons (Fsp3) is 0.900. The molecule has 1 aliphatic carbocycles. The number of carbonyl (C=O) groups excluding carboxylic acids is 1. The smallest absolute Gasteiger partial charge is 0.237 e. The molecule has 1 amide bonds. The molecule has 2 fully saturated rings. The quantitative estimate of drug-likeness (QED) is 0.641. The summed E-state index contributed by atoms with van der Waals surface area (Å²) in [5.41, 5.74) is 5.88. The number of fused-ring (bicyclic) bond motifs is 1. The predicted octanol–water partition coefficient (Wildman–Crippen LogP) is 1.21. The van der Waals surface area contributed by atoms with E-state index in [1.807, 2.05) is 0 Å². The molecule has 0 spiro atoms. The second-order valence-electron chi connectivity index (χ2n) is 4.24. The monoisotopic (exact) mass is 182 g/mol. The van der Waals surface area contributed by atoms with Crippen LogP contribution in [0.2, 0.25) is 0 Å². The molecule has 0 aromatic carbocycles. The minimum absolute atomic E-state index is 0.205. The molecule has 3 unspecified atom stereocenters. The Morgan fingerprint density at radius 1 is 1.46 bits per heavy atom. The predicted molar refractivity (Wildman–Crippen MR) is 50.8 cm³/mol. The van der Waals surface area contributed by atoms with Gasteiger partial charge in [0.2, 0.25) is 5.91 Å². The van der Waals surface area contributed by atoms with Crippen LogP contribution in [0.25, 0.3) is 0 Å². The van der Waals surface area contributed by atoms with Crippen molar-refractivity contribution in [1.82, 2.24) is 10.9 Å². The van der Waals surface area contributed by atoms with Gasteiger partial charge < -0.3 is 0 Å². The first-order valence-electron chi connectivity index (χ1n) is 5.38. The fourth-order valence-electron chi connectivity index (χ4n) is 2.22. The van der Waals surface area contributed by atoms with Crippen molar-refractivity contribution >= 4 is 5.91 Å². The third kappa shape index (κ3) is 1.85. The lowest BCUT2D eigenvalue weighted by Crippen LogP contribution is -2.50. The summed E-state index contributed by atoms with van der Waals surface area (Å²) in [7, 11) is 0. The lowest BCUT2D eigenvalue weighted by atomic mass is 10.0. The zero-order valence-electron chi connectivity index (χ0n) is 8.18. The number of unbranched alkanes of at least 4 members (excludes halogenated alkanes) is 2. The number of carbonyl (C=O) groups is 1. The number of hydrogen-bond acceptors (Lipinski definition) is 2. The average Bonchev–Trinajstić information content (AvgIpc) is 2.89. The van der Waals surface area contributed by atoms with E-state index in [-0.39, 0.29) is 5.91 Å². The van der Waals surface area contributed by atoms with E-state index >= 15 is 0 Å². The van der Waals surface area contributed by atoms with E-state index in [1.165, 1.54) is 25.7 Å². The highest BCUT2D eigenvalue weighted by Crippen LogP contribution is 2.44. The van der Waals surface area contributed by atoms with Gasteiger partial charge in [-0.3, -0.25) is 10.2 Å². The molecule has 3 nitrogen and oxygen atoms in total. The first-order chi connectivity index (χ1) is 6.33. The van der Waals surface area contributed by atoms with Crippen molar-refractivity contribution in [2.75, 3.05) is 0 Å². The van der Waals surface area contributed by atoms with E-state index in [0.29, 0.717) is 17.9 Å². The van der Waals surface area contributed by atoms with Crippen LogP contribution >= 0.6 is 0 Å². The highest BCUT2D eigenvalue weighted by atomic mass is 16.2. The molecule has 1 aliphatic heterocycles. The summed E-state index contributed by atoms with van der Waals surface area (Å²) in [6.45, 7) is 2.22. The summed E-state index contributed by atoms with van der Waals surface area (Å²) in [5.74, 6) is 1.19. The van der Waals surface area contributed by atoms with Crippen LogP contribution in [0, 0.1) is 11.8 Å². The molecular formula is C10H18N2O. The SMILES string of the molecule is CCCCCC1NNC(=O)C2CC12. The molecule has 0 aromatic rings. The normalized spacial score (nSPS) is 36.7. The summed E-state index contributed by atoms with van der Waals surface area (Å²) in [4.78, 5) is 11.1. The van der Waals surface area contributed by atoms with Gasteiger partial charge in [-0.2, -0.15) is 0 Å². The Hall–Kier alpha value is -0.570. The van der Waals surface area contributed by atoms with E-state index in [1.54, 1.807) is 0 Å². The van der Waals surface area contributed by atoms with Gasteiger partial charge in [-0.05, 0) is 18.8 Å². The molecule has 74 valence electrons. The molecule has 3 heteroatoms. The van der Waals surface area contributed by atoms with Gasteiger partial charge in [0.05, 0.1) is 0 Å². The number of hydrazine groups is 1. The Kier molecular flexibility index (Phi) is 2.54. The zero-order valence-corrected chi connectivity index (χ0v) is 8.18. The van der Waals surface area contributed by atoms with Crippen molar-refractivity contribution in [2.45, 2.75) is 45.1 Å². The summed E-state index contributed by atoms with van der Waals surface area (Å²) in [6, 6.07) is 0.550. The Balaban J connectivity index is 1.73. The molecule has 0 bridgehead atoms. The van der Waals surface area contributed by atoms with Crippen LogP contribution in [0.3, 0.4) is 0 Å². The minimum atomic E-state index is 0.205. The Bertz CT molecular complexity index is 205. The maximum atomic E-state index is 11.1. The fourth-order valence-corrected chi connectivity index (χ4v) is 2.22. The zero-order chi connectivity index (χ0) is 9.26. The van der Waals surface area contributed by atoms with Gasteiger partial charge in [-0.1, -0.05) is 26.2 Å². The minimum Gasteiger partial charge on any atom is -0.291 e. The summed E-state index contributed by atoms with van der Waals surface area (Å²) in [6.07, 6.45) is 6.19. The Morgan fingerprint density at radius 2 is 2.31 bits per heavy atom. The summed E-state index contributed by atoms with van der Waals surface area (Å²) >= 11 is 0. The van der Waals surface area contributed by atoms with Crippen LogP contribution in [-0.2, 0) is 4.79 Å². The van der Waals surface area contributed by atoms with Gasteiger partial charge in [0, 0.05) is 12.0 Å². The lowest BCUT2D eigenvalue weighted by molar-refractivity contribution is -0.125. The van der Waals surface area contributed by atoms with Crippen molar-refractivity contribution < 1.29 is 4.79 Å². The van der Waals surface area contributed by atoms with Gasteiger partial charge in [-0.15, -0.1) is 0 Å². The Morgan fingerprint density at radius 3 is 3.08 bits per heavy atom. The number of nitrogens with one attached hydrogen (secondary N) is 2. The summed E-state index contributed by atoms with van der Waals surface area (Å²) in [5, 5.41) is 0. The van der Waals surface area contributed by atoms with E-state index in [4.69, 9.17) is 0 Å². The van der Waals surface area contributed by atoms with Crippen molar-refractivity contribution in [3.8, 4) is 0 Å². The molecule has 0 aromatic heterocycles. The van der Waals surface area contributed by atoms with Gasteiger partial charge in [0.25, 0.3) is 0 Å². The molecule has 1 saturated heterocycles. The van der Waals surface area contributed by atoms with Gasteiger partial charge in [0.15, 0.2) is 0 Å². The number of rotatable bonds is 4. The van der Waals surface area contributed by atoms with Crippen LogP contribution in [-0.4, -0.2) is 11.9 Å². The van der Waals surface area contributed by atoms with Crippen LogP contribution in [0.5, 0.6) is 0 Å². The second-order valence-corrected chi connectivity index (χ2v) is 4.24. The third-order valence-electron chi connectivity index (χ3n) is 3.19. The van der Waals surface area contributed by atoms with Crippen molar-refractivity contribution in [3.63, 3.8) is 0 Å². The van der Waals surface area contributed by atoms with E-state index in [0.717, 1.165) is 6.42 Å². The van der Waals surface area contributed by atoms with E-state index in [9.17, 15) is 4.79 Å². The molecule has 1 saturated carbocycles. The first kappa shape index (κ1) is 9.00. The number of amides is 1. The first-order valence-corrected chi connectivity index (χ1v) is 5.38. The molecule has 2 aliphatic rings. The molecule has 13 heavy (non-hydrogen) atoms. The van der Waals surface area contributed by atoms with Gasteiger partial charge in [-0.25, -0.2) is 5.43 Å². The van der Waals surface area contributed by atoms with Gasteiger partial charge in [0.1, 0.15) is 0 Å². The molecule has 1 heterocycles. The number of hydrogen-bond donors (Lipinski definition) is 2. The summed E-state index contributed by atoms with van der Waals surface area (Å²) < 4.78 is 0. The second kappa shape index (κ2) is 3.66. The van der Waals surface area contributed by atoms with Crippen LogP contribution in [0.4, 0.5) is 0 Å². The average molecular weight is 182 g/mol. The topological polar surface area (TPSA) is 41.1 Å². The molecular weight excluding hydrogens is 164 g/mol. The van der Waals surface area contributed by atoms with E-state index in [2.05, 4.69) is 17.8 Å². The van der Waals surface area contributed by atoms with Gasteiger partial charge >= 0.3 is 0 Å². The molecule has 2 N–H and O–H groups in total. The highest BCUT2D eigenvalue weighted by Gasteiger charge is 2.50. The van der Waals surface area contributed by atoms with Crippen molar-refractivity contribution in [3.05, 3.63) is 0 Å². The Labute approximate surface area is 79.2 Å².